The SMILES string of the molecule is COc1cnc(NC2CC(N3C(=O)C(C)(C)c4cccnc43)C2)nc1. The van der Waals surface area contributed by atoms with E-state index in [0.29, 0.717) is 11.7 Å². The Morgan fingerprint density at radius 1 is 1.24 bits per heavy atom. The molecule has 25 heavy (non-hydrogen) atoms. The Morgan fingerprint density at radius 2 is 1.96 bits per heavy atom. The second-order valence-electron chi connectivity index (χ2n) is 7.09. The second kappa shape index (κ2) is 5.68. The van der Waals surface area contributed by atoms with Crippen molar-refractivity contribution in [3.05, 3.63) is 36.3 Å². The minimum atomic E-state index is -0.513. The van der Waals surface area contributed by atoms with Crippen LogP contribution in [-0.4, -0.2) is 40.1 Å². The fourth-order valence-corrected chi connectivity index (χ4v) is 3.52. The van der Waals surface area contributed by atoms with Crippen LogP contribution in [0.1, 0.15) is 32.3 Å². The summed E-state index contributed by atoms with van der Waals surface area (Å²) in [5.74, 6) is 2.15. The van der Waals surface area contributed by atoms with Crippen LogP contribution in [0.5, 0.6) is 5.75 Å². The topological polar surface area (TPSA) is 80.2 Å². The lowest BCUT2D eigenvalue weighted by Crippen LogP contribution is -2.53. The number of carbonyl (C=O) groups excluding carboxylic acids is 1. The quantitative estimate of drug-likeness (QED) is 0.919. The van der Waals surface area contributed by atoms with Gasteiger partial charge in [0.15, 0.2) is 5.75 Å². The highest BCUT2D eigenvalue weighted by atomic mass is 16.5. The Morgan fingerprint density at radius 3 is 2.64 bits per heavy atom. The summed E-state index contributed by atoms with van der Waals surface area (Å²) in [5, 5.41) is 3.31. The molecule has 1 saturated carbocycles. The number of hydrogen-bond donors (Lipinski definition) is 1. The lowest BCUT2D eigenvalue weighted by molar-refractivity contribution is -0.122. The summed E-state index contributed by atoms with van der Waals surface area (Å²) in [6, 6.07) is 4.31. The Hall–Kier alpha value is -2.70. The van der Waals surface area contributed by atoms with E-state index in [1.807, 2.05) is 30.9 Å². The van der Waals surface area contributed by atoms with Crippen molar-refractivity contribution in [1.82, 2.24) is 15.0 Å². The Bertz CT molecular complexity index is 799. The van der Waals surface area contributed by atoms with Gasteiger partial charge in [-0.3, -0.25) is 9.69 Å². The number of rotatable bonds is 4. The Kier molecular flexibility index (Phi) is 3.59. The summed E-state index contributed by atoms with van der Waals surface area (Å²) < 4.78 is 5.06. The predicted octanol–water partition coefficient (Wildman–Crippen LogP) is 2.15. The highest BCUT2D eigenvalue weighted by Crippen LogP contribution is 2.44. The van der Waals surface area contributed by atoms with Crippen molar-refractivity contribution in [3.8, 4) is 5.75 Å². The minimum absolute atomic E-state index is 0.130. The molecule has 7 nitrogen and oxygen atoms in total. The molecule has 4 rings (SSSR count). The first-order chi connectivity index (χ1) is 12.0. The highest BCUT2D eigenvalue weighted by molar-refractivity contribution is 6.07. The molecule has 2 aromatic heterocycles. The molecule has 2 aliphatic rings. The van der Waals surface area contributed by atoms with Crippen molar-refractivity contribution in [2.45, 2.75) is 44.2 Å². The molecule has 3 heterocycles. The third-order valence-corrected chi connectivity index (χ3v) is 5.12. The Labute approximate surface area is 146 Å². The van der Waals surface area contributed by atoms with E-state index in [1.54, 1.807) is 25.7 Å². The van der Waals surface area contributed by atoms with E-state index in [4.69, 9.17) is 4.74 Å². The van der Waals surface area contributed by atoms with Crippen LogP contribution in [0.4, 0.5) is 11.8 Å². The zero-order valence-electron chi connectivity index (χ0n) is 14.6. The first-order valence-corrected chi connectivity index (χ1v) is 8.42. The van der Waals surface area contributed by atoms with E-state index >= 15 is 0 Å². The van der Waals surface area contributed by atoms with Crippen molar-refractivity contribution in [3.63, 3.8) is 0 Å². The molecule has 0 radical (unpaired) electrons. The fourth-order valence-electron chi connectivity index (χ4n) is 3.52. The zero-order chi connectivity index (χ0) is 17.6. The average molecular weight is 339 g/mol. The maximum absolute atomic E-state index is 12.9. The van der Waals surface area contributed by atoms with Gasteiger partial charge in [-0.1, -0.05) is 6.07 Å². The van der Waals surface area contributed by atoms with E-state index in [9.17, 15) is 4.79 Å². The number of nitrogens with zero attached hydrogens (tertiary/aromatic N) is 4. The number of anilines is 2. The standard InChI is InChI=1S/C18H21N5O2/c1-18(2)14-5-4-6-19-15(14)23(16(18)24)12-7-11(8-12)22-17-20-9-13(25-3)10-21-17/h4-6,9-12H,7-8H2,1-3H3,(H,20,21,22). The third-order valence-electron chi connectivity index (χ3n) is 5.12. The lowest BCUT2D eigenvalue weighted by atomic mass is 9.84. The zero-order valence-corrected chi connectivity index (χ0v) is 14.6. The molecule has 1 fully saturated rings. The molecule has 1 aliphatic carbocycles. The van der Waals surface area contributed by atoms with Gasteiger partial charge in [0.2, 0.25) is 11.9 Å². The molecule has 0 saturated heterocycles. The monoisotopic (exact) mass is 339 g/mol. The molecule has 1 amide bonds. The van der Waals surface area contributed by atoms with E-state index in [2.05, 4.69) is 20.3 Å². The first-order valence-electron chi connectivity index (χ1n) is 8.42. The van der Waals surface area contributed by atoms with Crippen LogP contribution in [0, 0.1) is 0 Å². The van der Waals surface area contributed by atoms with Crippen molar-refractivity contribution in [2.24, 2.45) is 0 Å². The van der Waals surface area contributed by atoms with Gasteiger partial charge < -0.3 is 10.1 Å². The molecular formula is C18H21N5O2. The number of carbonyl (C=O) groups is 1. The smallest absolute Gasteiger partial charge is 0.238 e. The molecular weight excluding hydrogens is 318 g/mol. The molecule has 130 valence electrons. The summed E-state index contributed by atoms with van der Waals surface area (Å²) in [4.78, 5) is 27.7. The second-order valence-corrected chi connectivity index (χ2v) is 7.09. The van der Waals surface area contributed by atoms with E-state index in [1.165, 1.54) is 0 Å². The lowest BCUT2D eigenvalue weighted by Gasteiger charge is -2.41. The van der Waals surface area contributed by atoms with Crippen LogP contribution in [-0.2, 0) is 10.2 Å². The molecule has 0 aromatic carbocycles. The summed E-state index contributed by atoms with van der Waals surface area (Å²) in [7, 11) is 1.59. The molecule has 0 bridgehead atoms. The summed E-state index contributed by atoms with van der Waals surface area (Å²) >= 11 is 0. The number of ether oxygens (including phenoxy) is 1. The van der Waals surface area contributed by atoms with Gasteiger partial charge in [0, 0.05) is 23.8 Å². The highest BCUT2D eigenvalue weighted by Gasteiger charge is 2.50. The third kappa shape index (κ3) is 2.50. The summed E-state index contributed by atoms with van der Waals surface area (Å²) in [5.41, 5.74) is 0.496. The van der Waals surface area contributed by atoms with E-state index < -0.39 is 5.41 Å². The molecule has 1 aliphatic heterocycles. The molecule has 7 heteroatoms. The van der Waals surface area contributed by atoms with Gasteiger partial charge >= 0.3 is 0 Å². The first kappa shape index (κ1) is 15.8. The normalized spacial score (nSPS) is 23.8. The van der Waals surface area contributed by atoms with Gasteiger partial charge in [-0.15, -0.1) is 0 Å². The predicted molar refractivity (Wildman–Crippen MR) is 93.8 cm³/mol. The number of fused-ring (bicyclic) bond motifs is 1. The average Bonchev–Trinajstić information content (AvgIpc) is 2.79. The van der Waals surface area contributed by atoms with Crippen molar-refractivity contribution < 1.29 is 9.53 Å². The van der Waals surface area contributed by atoms with Gasteiger partial charge in [-0.25, -0.2) is 15.0 Å². The van der Waals surface area contributed by atoms with E-state index in [-0.39, 0.29) is 18.0 Å². The van der Waals surface area contributed by atoms with Crippen molar-refractivity contribution in [2.75, 3.05) is 17.3 Å². The minimum Gasteiger partial charge on any atom is -0.494 e. The van der Waals surface area contributed by atoms with Crippen LogP contribution >= 0.6 is 0 Å². The molecule has 0 spiro atoms. The van der Waals surface area contributed by atoms with Crippen LogP contribution < -0.4 is 15.0 Å². The Balaban J connectivity index is 1.44. The maximum Gasteiger partial charge on any atom is 0.238 e. The van der Waals surface area contributed by atoms with Gasteiger partial charge in [-0.2, -0.15) is 0 Å². The number of amides is 1. The van der Waals surface area contributed by atoms with Crippen LogP contribution in [0.3, 0.4) is 0 Å². The van der Waals surface area contributed by atoms with Gasteiger partial charge in [-0.05, 0) is 32.8 Å². The number of aromatic nitrogens is 3. The van der Waals surface area contributed by atoms with Gasteiger partial charge in [0.1, 0.15) is 5.82 Å². The molecule has 2 aromatic rings. The van der Waals surface area contributed by atoms with Crippen LogP contribution in [0.25, 0.3) is 0 Å². The van der Waals surface area contributed by atoms with Crippen molar-refractivity contribution in [1.29, 1.82) is 0 Å². The fraction of sp³-hybridized carbons (Fsp3) is 0.444. The van der Waals surface area contributed by atoms with Gasteiger partial charge in [0.05, 0.1) is 24.9 Å². The number of methoxy groups -OCH3 is 1. The summed E-state index contributed by atoms with van der Waals surface area (Å²) in [6.45, 7) is 3.94. The number of pyridine rings is 1. The summed E-state index contributed by atoms with van der Waals surface area (Å²) in [6.07, 6.45) is 6.73. The number of hydrogen-bond acceptors (Lipinski definition) is 6. The van der Waals surface area contributed by atoms with Gasteiger partial charge in [0.25, 0.3) is 0 Å². The van der Waals surface area contributed by atoms with Crippen molar-refractivity contribution >= 4 is 17.7 Å². The van der Waals surface area contributed by atoms with Crippen LogP contribution in [0.2, 0.25) is 0 Å². The molecule has 0 unspecified atom stereocenters. The van der Waals surface area contributed by atoms with Crippen LogP contribution in [0.15, 0.2) is 30.7 Å². The largest absolute Gasteiger partial charge is 0.494 e. The molecule has 0 atom stereocenters. The van der Waals surface area contributed by atoms with E-state index in [0.717, 1.165) is 24.2 Å². The molecule has 1 N–H and O–H groups in total. The number of nitrogens with one attached hydrogen (secondary N) is 1. The maximum atomic E-state index is 12.9.